The van der Waals surface area contributed by atoms with Crippen LogP contribution in [0.2, 0.25) is 10.0 Å². The summed E-state index contributed by atoms with van der Waals surface area (Å²) in [7, 11) is -3.94. The molecule has 2 aromatic rings. The summed E-state index contributed by atoms with van der Waals surface area (Å²) >= 11 is 12.1. The second-order valence-electron chi connectivity index (χ2n) is 8.01. The van der Waals surface area contributed by atoms with Gasteiger partial charge in [-0.05, 0) is 56.2 Å². The van der Waals surface area contributed by atoms with E-state index in [9.17, 15) is 22.4 Å². The van der Waals surface area contributed by atoms with Gasteiger partial charge in [-0.1, -0.05) is 42.3 Å². The number of hydrogen-bond donors (Lipinski definition) is 1. The molecule has 0 aliphatic carbocycles. The van der Waals surface area contributed by atoms with E-state index in [1.54, 1.807) is 25.1 Å². The molecule has 2 atom stereocenters. The summed E-state index contributed by atoms with van der Waals surface area (Å²) in [4.78, 5) is 27.5. The molecule has 1 N–H and O–H groups in total. The first kappa shape index (κ1) is 27.9. The van der Waals surface area contributed by atoms with Gasteiger partial charge in [0.1, 0.15) is 18.4 Å². The first-order valence-electron chi connectivity index (χ1n) is 10.6. The fourth-order valence-electron chi connectivity index (χ4n) is 3.13. The number of hydrogen-bond acceptors (Lipinski definition) is 4. The van der Waals surface area contributed by atoms with Crippen molar-refractivity contribution in [1.29, 1.82) is 0 Å². The normalized spacial score (nSPS) is 13.1. The first-order valence-corrected chi connectivity index (χ1v) is 13.2. The van der Waals surface area contributed by atoms with Crippen LogP contribution in [0, 0.1) is 5.82 Å². The number of nitrogens with one attached hydrogen (secondary N) is 1. The van der Waals surface area contributed by atoms with Gasteiger partial charge in [-0.3, -0.25) is 13.9 Å². The van der Waals surface area contributed by atoms with E-state index in [0.29, 0.717) is 17.0 Å². The van der Waals surface area contributed by atoms with Crippen LogP contribution in [0.15, 0.2) is 42.5 Å². The van der Waals surface area contributed by atoms with E-state index < -0.39 is 34.3 Å². The molecule has 0 unspecified atom stereocenters. The zero-order valence-corrected chi connectivity index (χ0v) is 21.7. The third-order valence-electron chi connectivity index (χ3n) is 5.28. The molecule has 0 aromatic heterocycles. The van der Waals surface area contributed by atoms with Crippen LogP contribution in [0.5, 0.6) is 0 Å². The number of sulfonamides is 1. The molecule has 186 valence electrons. The van der Waals surface area contributed by atoms with Gasteiger partial charge in [-0.25, -0.2) is 12.8 Å². The smallest absolute Gasteiger partial charge is 0.244 e. The van der Waals surface area contributed by atoms with Crippen molar-refractivity contribution in [3.63, 3.8) is 0 Å². The number of anilines is 1. The molecule has 0 spiro atoms. The summed E-state index contributed by atoms with van der Waals surface area (Å²) < 4.78 is 39.5. The zero-order chi connectivity index (χ0) is 25.6. The van der Waals surface area contributed by atoms with E-state index in [0.717, 1.165) is 16.6 Å². The van der Waals surface area contributed by atoms with Crippen LogP contribution in [-0.2, 0) is 26.2 Å². The Kier molecular flexibility index (Phi) is 9.73. The zero-order valence-electron chi connectivity index (χ0n) is 19.4. The Morgan fingerprint density at radius 3 is 2.32 bits per heavy atom. The van der Waals surface area contributed by atoms with Gasteiger partial charge in [0.15, 0.2) is 0 Å². The van der Waals surface area contributed by atoms with E-state index in [4.69, 9.17) is 23.2 Å². The van der Waals surface area contributed by atoms with Gasteiger partial charge in [0.2, 0.25) is 21.8 Å². The molecule has 0 aliphatic rings. The van der Waals surface area contributed by atoms with E-state index in [1.807, 2.05) is 13.8 Å². The fraction of sp³-hybridized carbons (Fsp3) is 0.391. The van der Waals surface area contributed by atoms with Crippen LogP contribution in [-0.4, -0.2) is 50.0 Å². The van der Waals surface area contributed by atoms with E-state index in [2.05, 4.69) is 5.32 Å². The minimum Gasteiger partial charge on any atom is -0.352 e. The Bertz CT molecular complexity index is 1150. The van der Waals surface area contributed by atoms with Crippen molar-refractivity contribution >= 4 is 50.7 Å². The Morgan fingerprint density at radius 2 is 1.76 bits per heavy atom. The van der Waals surface area contributed by atoms with Crippen molar-refractivity contribution in [2.75, 3.05) is 17.1 Å². The molecule has 34 heavy (non-hydrogen) atoms. The van der Waals surface area contributed by atoms with Crippen molar-refractivity contribution in [2.45, 2.75) is 45.8 Å². The van der Waals surface area contributed by atoms with Crippen LogP contribution in [0.4, 0.5) is 10.1 Å². The molecule has 2 aromatic carbocycles. The van der Waals surface area contributed by atoms with Crippen molar-refractivity contribution in [2.24, 2.45) is 0 Å². The summed E-state index contributed by atoms with van der Waals surface area (Å²) in [6, 6.07) is 8.70. The van der Waals surface area contributed by atoms with Gasteiger partial charge in [0.25, 0.3) is 0 Å². The summed E-state index contributed by atoms with van der Waals surface area (Å²) in [5, 5.41) is 3.44. The molecule has 0 bridgehead atoms. The number of halogens is 3. The number of nitrogens with zero attached hydrogens (tertiary/aromatic N) is 2. The molecule has 0 heterocycles. The molecule has 11 heteroatoms. The van der Waals surface area contributed by atoms with Crippen LogP contribution >= 0.6 is 23.2 Å². The summed E-state index contributed by atoms with van der Waals surface area (Å²) in [5.41, 5.74) is 0.602. The summed E-state index contributed by atoms with van der Waals surface area (Å²) in [5.74, 6) is -1.68. The fourth-order valence-corrected chi connectivity index (χ4v) is 4.29. The Labute approximate surface area is 209 Å². The monoisotopic (exact) mass is 531 g/mol. The van der Waals surface area contributed by atoms with Gasteiger partial charge < -0.3 is 10.2 Å². The summed E-state index contributed by atoms with van der Waals surface area (Å²) in [6.07, 6.45) is 1.62. The molecule has 0 fully saturated rings. The minimum atomic E-state index is -3.94. The van der Waals surface area contributed by atoms with Crippen molar-refractivity contribution in [3.05, 3.63) is 63.9 Å². The average Bonchev–Trinajstić information content (AvgIpc) is 2.76. The van der Waals surface area contributed by atoms with Gasteiger partial charge in [0, 0.05) is 12.6 Å². The average molecular weight is 532 g/mol. The molecular formula is C23H28Cl2FN3O4S. The Morgan fingerprint density at radius 1 is 1.09 bits per heavy atom. The lowest BCUT2D eigenvalue weighted by molar-refractivity contribution is -0.139. The minimum absolute atomic E-state index is 0.00190. The number of carbonyl (C=O) groups is 2. The molecule has 2 rings (SSSR count). The SMILES string of the molecule is CC[C@@H](C)NC(=O)[C@H](C)N(Cc1ccc(Cl)c(Cl)c1)C(=O)CN(c1cccc(F)c1)S(C)(=O)=O. The van der Waals surface area contributed by atoms with Crippen molar-refractivity contribution in [3.8, 4) is 0 Å². The maximum Gasteiger partial charge on any atom is 0.244 e. The first-order chi connectivity index (χ1) is 15.8. The maximum absolute atomic E-state index is 13.8. The lowest BCUT2D eigenvalue weighted by atomic mass is 10.1. The van der Waals surface area contributed by atoms with Gasteiger partial charge in [-0.2, -0.15) is 0 Å². The topological polar surface area (TPSA) is 86.8 Å². The standard InChI is InChI=1S/C23H28Cl2FN3O4S/c1-5-15(2)27-23(31)16(3)28(13-17-9-10-20(24)21(25)11-17)22(30)14-29(34(4,32)33)19-8-6-7-18(26)12-19/h6-12,15-16H,5,13-14H2,1-4H3,(H,27,31)/t15-,16+/m1/s1. The second kappa shape index (κ2) is 11.9. The van der Waals surface area contributed by atoms with Crippen molar-refractivity contribution < 1.29 is 22.4 Å². The third kappa shape index (κ3) is 7.58. The largest absolute Gasteiger partial charge is 0.352 e. The number of carbonyl (C=O) groups excluding carboxylic acids is 2. The highest BCUT2D eigenvalue weighted by Gasteiger charge is 2.30. The highest BCUT2D eigenvalue weighted by atomic mass is 35.5. The lowest BCUT2D eigenvalue weighted by Gasteiger charge is -2.32. The second-order valence-corrected chi connectivity index (χ2v) is 10.7. The highest BCUT2D eigenvalue weighted by molar-refractivity contribution is 7.92. The van der Waals surface area contributed by atoms with Crippen LogP contribution in [0.3, 0.4) is 0 Å². The van der Waals surface area contributed by atoms with Crippen LogP contribution in [0.1, 0.15) is 32.8 Å². The van der Waals surface area contributed by atoms with Gasteiger partial charge in [0.05, 0.1) is 22.0 Å². The number of rotatable bonds is 10. The molecule has 0 radical (unpaired) electrons. The number of benzene rings is 2. The highest BCUT2D eigenvalue weighted by Crippen LogP contribution is 2.24. The third-order valence-corrected chi connectivity index (χ3v) is 7.16. The predicted molar refractivity (Wildman–Crippen MR) is 133 cm³/mol. The molecule has 0 saturated carbocycles. The van der Waals surface area contributed by atoms with Gasteiger partial charge in [-0.15, -0.1) is 0 Å². The molecule has 0 saturated heterocycles. The lowest BCUT2D eigenvalue weighted by Crippen LogP contribution is -2.52. The number of amides is 2. The van der Waals surface area contributed by atoms with Crippen LogP contribution in [0.25, 0.3) is 0 Å². The van der Waals surface area contributed by atoms with E-state index >= 15 is 0 Å². The molecule has 7 nitrogen and oxygen atoms in total. The van der Waals surface area contributed by atoms with Crippen LogP contribution < -0.4 is 9.62 Å². The quantitative estimate of drug-likeness (QED) is 0.496. The molecular weight excluding hydrogens is 504 g/mol. The Hall–Kier alpha value is -2.36. The summed E-state index contributed by atoms with van der Waals surface area (Å²) in [6.45, 7) is 4.67. The van der Waals surface area contributed by atoms with Gasteiger partial charge >= 0.3 is 0 Å². The van der Waals surface area contributed by atoms with E-state index in [-0.39, 0.29) is 29.2 Å². The molecule has 0 aliphatic heterocycles. The van der Waals surface area contributed by atoms with E-state index in [1.165, 1.54) is 23.1 Å². The predicted octanol–water partition coefficient (Wildman–Crippen LogP) is 4.23. The molecule has 2 amide bonds. The maximum atomic E-state index is 13.8. The van der Waals surface area contributed by atoms with Crippen molar-refractivity contribution in [1.82, 2.24) is 10.2 Å². The Balaban J connectivity index is 2.41.